The molecule has 23 heavy (non-hydrogen) atoms. The second kappa shape index (κ2) is 6.70. The predicted octanol–water partition coefficient (Wildman–Crippen LogP) is 4.98. The van der Waals surface area contributed by atoms with Crippen LogP contribution < -0.4 is 4.57 Å². The van der Waals surface area contributed by atoms with E-state index < -0.39 is 4.92 Å². The van der Waals surface area contributed by atoms with E-state index in [1.807, 2.05) is 40.6 Å². The number of halogens is 1. The van der Waals surface area contributed by atoms with Crippen LogP contribution in [0.1, 0.15) is 0 Å². The number of rotatable bonds is 4. The van der Waals surface area contributed by atoms with Gasteiger partial charge in [0.05, 0.1) is 4.92 Å². The average Bonchev–Trinajstić information content (AvgIpc) is 2.99. The summed E-state index contributed by atoms with van der Waals surface area (Å²) in [6.45, 7) is 0. The summed E-state index contributed by atoms with van der Waals surface area (Å²) >= 11 is 9.22. The van der Waals surface area contributed by atoms with Gasteiger partial charge in [0, 0.05) is 29.3 Å². The van der Waals surface area contributed by atoms with Crippen LogP contribution in [0.2, 0.25) is 5.02 Å². The molecule has 1 aromatic heterocycles. The molecule has 0 aliphatic heterocycles. The summed E-state index contributed by atoms with van der Waals surface area (Å²) < 4.78 is 2.04. The zero-order valence-corrected chi connectivity index (χ0v) is 14.5. The molecule has 0 N–H and O–H groups in total. The summed E-state index contributed by atoms with van der Waals surface area (Å²) in [5.41, 5.74) is 4.10. The summed E-state index contributed by atoms with van der Waals surface area (Å²) in [5, 5.41) is 12.6. The Hall–Kier alpha value is -1.89. The maximum Gasteiger partial charge on any atom is 0.269 e. The lowest BCUT2D eigenvalue weighted by molar-refractivity contribution is -0.629. The third-order valence-corrected chi connectivity index (χ3v) is 5.48. The Kier molecular flexibility index (Phi) is 4.66. The number of thiazole rings is 1. The van der Waals surface area contributed by atoms with Crippen LogP contribution in [0.25, 0.3) is 16.1 Å². The van der Waals surface area contributed by atoms with Crippen molar-refractivity contribution in [1.82, 2.24) is 0 Å². The number of nitrogens with zero attached hydrogens (tertiary/aromatic N) is 2. The number of hydrogen-bond acceptors (Lipinski definition) is 4. The van der Waals surface area contributed by atoms with Crippen molar-refractivity contribution in [2.24, 2.45) is 0 Å². The van der Waals surface area contributed by atoms with Crippen LogP contribution >= 0.6 is 34.7 Å². The van der Waals surface area contributed by atoms with E-state index in [0.29, 0.717) is 5.02 Å². The molecule has 0 bridgehead atoms. The zero-order valence-electron chi connectivity index (χ0n) is 12.1. The molecule has 1 heterocycles. The van der Waals surface area contributed by atoms with Gasteiger partial charge in [-0.15, -0.1) is 4.57 Å². The number of thioether (sulfide) groups is 1. The largest absolute Gasteiger partial charge is 0.269 e. The van der Waals surface area contributed by atoms with Crippen molar-refractivity contribution < 1.29 is 9.49 Å². The highest BCUT2D eigenvalue weighted by molar-refractivity contribution is 7.98. The Balaban J connectivity index is 2.04. The number of hydrogen-bond donors (Lipinski definition) is 0. The fraction of sp³-hybridized carbons (Fsp3) is 0.0625. The number of benzene rings is 2. The molecule has 0 atom stereocenters. The van der Waals surface area contributed by atoms with Crippen LogP contribution in [0, 0.1) is 10.1 Å². The third-order valence-electron chi connectivity index (χ3n) is 3.33. The van der Waals surface area contributed by atoms with Crippen molar-refractivity contribution in [3.63, 3.8) is 0 Å². The van der Waals surface area contributed by atoms with E-state index in [9.17, 15) is 10.1 Å². The molecule has 2 aromatic carbocycles. The molecule has 116 valence electrons. The standard InChI is InChI=1S/C16H12ClN2O2S2/c1-22-16-15(11-2-4-12(17)5-3-11)23-10-18(16)13-6-8-14(9-7-13)19(20)21/h2-10H,1H3/q+1. The van der Waals surface area contributed by atoms with E-state index in [-0.39, 0.29) is 5.69 Å². The number of nitro groups is 1. The van der Waals surface area contributed by atoms with Crippen molar-refractivity contribution >= 4 is 40.4 Å². The van der Waals surface area contributed by atoms with Crippen LogP contribution in [0.15, 0.2) is 59.1 Å². The van der Waals surface area contributed by atoms with E-state index in [2.05, 4.69) is 0 Å². The van der Waals surface area contributed by atoms with Gasteiger partial charge in [-0.1, -0.05) is 46.8 Å². The van der Waals surface area contributed by atoms with Crippen LogP contribution in [0.4, 0.5) is 5.69 Å². The fourth-order valence-electron chi connectivity index (χ4n) is 2.21. The highest BCUT2D eigenvalue weighted by Gasteiger charge is 2.23. The summed E-state index contributed by atoms with van der Waals surface area (Å²) in [7, 11) is 0. The van der Waals surface area contributed by atoms with Gasteiger partial charge in [-0.3, -0.25) is 10.1 Å². The third kappa shape index (κ3) is 3.24. The molecule has 0 spiro atoms. The van der Waals surface area contributed by atoms with Gasteiger partial charge in [-0.2, -0.15) is 0 Å². The Bertz CT molecular complexity index is 846. The molecule has 0 saturated heterocycles. The van der Waals surface area contributed by atoms with Gasteiger partial charge < -0.3 is 0 Å². The summed E-state index contributed by atoms with van der Waals surface area (Å²) in [6, 6.07) is 14.3. The molecule has 3 aromatic rings. The van der Waals surface area contributed by atoms with Crippen molar-refractivity contribution in [3.8, 4) is 16.1 Å². The van der Waals surface area contributed by atoms with E-state index in [4.69, 9.17) is 11.6 Å². The summed E-state index contributed by atoms with van der Waals surface area (Å²) in [5.74, 6) is 0. The van der Waals surface area contributed by atoms with Crippen LogP contribution in [-0.4, -0.2) is 11.2 Å². The smallest absolute Gasteiger partial charge is 0.258 e. The van der Waals surface area contributed by atoms with Crippen molar-refractivity contribution in [1.29, 1.82) is 0 Å². The monoisotopic (exact) mass is 363 g/mol. The van der Waals surface area contributed by atoms with Gasteiger partial charge >= 0.3 is 0 Å². The Morgan fingerprint density at radius 2 is 1.78 bits per heavy atom. The molecule has 0 aliphatic carbocycles. The van der Waals surface area contributed by atoms with Gasteiger partial charge in [0.25, 0.3) is 10.7 Å². The maximum atomic E-state index is 10.8. The lowest BCUT2D eigenvalue weighted by atomic mass is 10.2. The number of aromatic nitrogens is 1. The van der Waals surface area contributed by atoms with Crippen LogP contribution in [0.3, 0.4) is 0 Å². The molecule has 0 radical (unpaired) electrons. The minimum atomic E-state index is -0.392. The van der Waals surface area contributed by atoms with Crippen molar-refractivity contribution in [2.75, 3.05) is 6.26 Å². The number of nitro benzene ring substituents is 1. The average molecular weight is 364 g/mol. The van der Waals surface area contributed by atoms with E-state index in [1.165, 1.54) is 12.1 Å². The molecule has 0 saturated carbocycles. The van der Waals surface area contributed by atoms with Crippen LogP contribution in [0.5, 0.6) is 0 Å². The first-order chi connectivity index (χ1) is 11.1. The first-order valence-corrected chi connectivity index (χ1v) is 9.16. The maximum absolute atomic E-state index is 10.8. The molecule has 0 fully saturated rings. The molecule has 7 heteroatoms. The Labute approximate surface area is 146 Å². The molecule has 4 nitrogen and oxygen atoms in total. The lowest BCUT2D eigenvalue weighted by Gasteiger charge is -2.00. The molecule has 0 aliphatic rings. The minimum absolute atomic E-state index is 0.0909. The van der Waals surface area contributed by atoms with Gasteiger partial charge in [0.1, 0.15) is 4.88 Å². The highest BCUT2D eigenvalue weighted by Crippen LogP contribution is 2.33. The molecule has 0 unspecified atom stereocenters. The number of non-ortho nitro benzene ring substituents is 1. The second-order valence-electron chi connectivity index (χ2n) is 4.71. The quantitative estimate of drug-likeness (QED) is 0.284. The zero-order chi connectivity index (χ0) is 16.4. The predicted molar refractivity (Wildman–Crippen MR) is 94.7 cm³/mol. The molecular weight excluding hydrogens is 352 g/mol. The van der Waals surface area contributed by atoms with E-state index >= 15 is 0 Å². The summed E-state index contributed by atoms with van der Waals surface area (Å²) in [4.78, 5) is 11.5. The lowest BCUT2D eigenvalue weighted by Crippen LogP contribution is -2.30. The first-order valence-electron chi connectivity index (χ1n) is 6.68. The Morgan fingerprint density at radius 3 is 2.35 bits per heavy atom. The van der Waals surface area contributed by atoms with Gasteiger partial charge in [-0.25, -0.2) is 0 Å². The van der Waals surface area contributed by atoms with Crippen molar-refractivity contribution in [3.05, 3.63) is 69.2 Å². The Morgan fingerprint density at radius 1 is 1.13 bits per heavy atom. The topological polar surface area (TPSA) is 47.0 Å². The summed E-state index contributed by atoms with van der Waals surface area (Å²) in [6.07, 6.45) is 2.02. The highest BCUT2D eigenvalue weighted by atomic mass is 35.5. The molecule has 0 amide bonds. The first kappa shape index (κ1) is 16.0. The van der Waals surface area contributed by atoms with Crippen LogP contribution in [-0.2, 0) is 0 Å². The fourth-order valence-corrected chi connectivity index (χ4v) is 4.36. The normalized spacial score (nSPS) is 10.7. The van der Waals surface area contributed by atoms with Crippen molar-refractivity contribution in [2.45, 2.75) is 5.03 Å². The van der Waals surface area contributed by atoms with Gasteiger partial charge in [0.2, 0.25) is 11.2 Å². The van der Waals surface area contributed by atoms with Gasteiger partial charge in [0.15, 0.2) is 0 Å². The molecule has 3 rings (SSSR count). The van der Waals surface area contributed by atoms with E-state index in [1.54, 1.807) is 35.2 Å². The second-order valence-corrected chi connectivity index (χ2v) is 6.80. The SMILES string of the molecule is CSc1c(-c2ccc(Cl)cc2)sc[n+]1-c1ccc([N+](=O)[O-])cc1. The van der Waals surface area contributed by atoms with Gasteiger partial charge in [-0.05, 0) is 24.0 Å². The molecular formula is C16H12ClN2O2S2+. The van der Waals surface area contributed by atoms with E-state index in [0.717, 1.165) is 21.2 Å². The minimum Gasteiger partial charge on any atom is -0.258 e.